The van der Waals surface area contributed by atoms with Crippen molar-refractivity contribution >= 4 is 37.5 Å². The number of nitrogens with zero attached hydrogens (tertiary/aromatic N) is 1. The molecule has 0 aliphatic heterocycles. The van der Waals surface area contributed by atoms with Gasteiger partial charge in [0.25, 0.3) is 0 Å². The number of alkyl halides is 1. The standard InChI is InChI=1S/C10H11Br2NO3/c11-6-1-2-7-16-10-8(12)4-3-5-9(10)13(14)15/h3-5H,1-2,6-7H2. The van der Waals surface area contributed by atoms with Crippen LogP contribution in [0.2, 0.25) is 0 Å². The van der Waals surface area contributed by atoms with Gasteiger partial charge >= 0.3 is 5.69 Å². The van der Waals surface area contributed by atoms with E-state index in [4.69, 9.17) is 4.74 Å². The van der Waals surface area contributed by atoms with E-state index in [1.807, 2.05) is 0 Å². The molecule has 1 rings (SSSR count). The summed E-state index contributed by atoms with van der Waals surface area (Å²) in [5, 5.41) is 11.7. The summed E-state index contributed by atoms with van der Waals surface area (Å²) in [6, 6.07) is 4.78. The Kier molecular flexibility index (Phi) is 5.76. The Morgan fingerprint density at radius 3 is 2.75 bits per heavy atom. The summed E-state index contributed by atoms with van der Waals surface area (Å²) >= 11 is 6.56. The predicted octanol–water partition coefficient (Wildman–Crippen LogP) is 3.91. The lowest BCUT2D eigenvalue weighted by Gasteiger charge is -2.07. The molecule has 16 heavy (non-hydrogen) atoms. The van der Waals surface area contributed by atoms with Crippen LogP contribution in [0.25, 0.3) is 0 Å². The Balaban J connectivity index is 2.73. The van der Waals surface area contributed by atoms with E-state index in [1.165, 1.54) is 6.07 Å². The average molecular weight is 353 g/mol. The quantitative estimate of drug-likeness (QED) is 0.337. The third kappa shape index (κ3) is 3.75. The lowest BCUT2D eigenvalue weighted by molar-refractivity contribution is -0.386. The van der Waals surface area contributed by atoms with Gasteiger partial charge in [-0.2, -0.15) is 0 Å². The Labute approximate surface area is 110 Å². The average Bonchev–Trinajstić information content (AvgIpc) is 2.25. The molecule has 0 unspecified atom stereocenters. The molecule has 0 heterocycles. The van der Waals surface area contributed by atoms with Crippen LogP contribution in [0.3, 0.4) is 0 Å². The first-order valence-electron chi connectivity index (χ1n) is 4.78. The second kappa shape index (κ2) is 6.85. The highest BCUT2D eigenvalue weighted by molar-refractivity contribution is 9.10. The maximum Gasteiger partial charge on any atom is 0.312 e. The van der Waals surface area contributed by atoms with Gasteiger partial charge < -0.3 is 4.74 Å². The number of benzene rings is 1. The number of halogens is 2. The molecule has 0 atom stereocenters. The van der Waals surface area contributed by atoms with Crippen LogP contribution in [-0.4, -0.2) is 16.9 Å². The molecule has 0 spiro atoms. The largest absolute Gasteiger partial charge is 0.486 e. The number of para-hydroxylation sites is 1. The lowest BCUT2D eigenvalue weighted by Crippen LogP contribution is -2.01. The number of hydrogen-bond acceptors (Lipinski definition) is 3. The number of unbranched alkanes of at least 4 members (excludes halogenated alkanes) is 1. The molecule has 0 radical (unpaired) electrons. The zero-order valence-corrected chi connectivity index (χ0v) is 11.7. The number of ether oxygens (including phenoxy) is 1. The van der Waals surface area contributed by atoms with Crippen LogP contribution in [0.5, 0.6) is 5.75 Å². The molecule has 0 amide bonds. The van der Waals surface area contributed by atoms with Crippen LogP contribution in [0.1, 0.15) is 12.8 Å². The fourth-order valence-electron chi connectivity index (χ4n) is 1.15. The maximum atomic E-state index is 10.8. The minimum absolute atomic E-state index is 0.00628. The normalized spacial score (nSPS) is 10.1. The van der Waals surface area contributed by atoms with Crippen molar-refractivity contribution in [2.75, 3.05) is 11.9 Å². The van der Waals surface area contributed by atoms with Gasteiger partial charge in [-0.1, -0.05) is 22.0 Å². The molecule has 4 nitrogen and oxygen atoms in total. The van der Waals surface area contributed by atoms with Crippen LogP contribution in [0, 0.1) is 10.1 Å². The van der Waals surface area contributed by atoms with Crippen LogP contribution in [0.4, 0.5) is 5.69 Å². The van der Waals surface area contributed by atoms with Gasteiger partial charge in [0.2, 0.25) is 5.75 Å². The number of nitro benzene ring substituents is 1. The van der Waals surface area contributed by atoms with Crippen molar-refractivity contribution in [2.45, 2.75) is 12.8 Å². The van der Waals surface area contributed by atoms with Gasteiger partial charge in [-0.15, -0.1) is 0 Å². The monoisotopic (exact) mass is 351 g/mol. The summed E-state index contributed by atoms with van der Waals surface area (Å²) in [6.07, 6.45) is 1.85. The minimum atomic E-state index is -0.440. The highest BCUT2D eigenvalue weighted by Crippen LogP contribution is 2.34. The highest BCUT2D eigenvalue weighted by atomic mass is 79.9. The number of hydrogen-bond donors (Lipinski definition) is 0. The molecule has 0 aromatic heterocycles. The lowest BCUT2D eigenvalue weighted by atomic mass is 10.3. The van der Waals surface area contributed by atoms with E-state index in [0.29, 0.717) is 16.8 Å². The Bertz CT molecular complexity index is 371. The van der Waals surface area contributed by atoms with Gasteiger partial charge in [0.1, 0.15) is 0 Å². The molecule has 0 bridgehead atoms. The molecular formula is C10H11Br2NO3. The summed E-state index contributed by atoms with van der Waals surface area (Å²) < 4.78 is 6.03. The van der Waals surface area contributed by atoms with Gasteiger partial charge in [-0.3, -0.25) is 10.1 Å². The van der Waals surface area contributed by atoms with Crippen molar-refractivity contribution < 1.29 is 9.66 Å². The number of rotatable bonds is 6. The van der Waals surface area contributed by atoms with Gasteiger partial charge in [0.15, 0.2) is 0 Å². The highest BCUT2D eigenvalue weighted by Gasteiger charge is 2.17. The summed E-state index contributed by atoms with van der Waals surface area (Å²) in [7, 11) is 0. The zero-order chi connectivity index (χ0) is 12.0. The summed E-state index contributed by atoms with van der Waals surface area (Å²) in [5.74, 6) is 0.307. The Morgan fingerprint density at radius 2 is 2.12 bits per heavy atom. The fourth-order valence-corrected chi connectivity index (χ4v) is 2.02. The van der Waals surface area contributed by atoms with Crippen molar-refractivity contribution in [3.05, 3.63) is 32.8 Å². The van der Waals surface area contributed by atoms with Gasteiger partial charge in [0, 0.05) is 11.4 Å². The van der Waals surface area contributed by atoms with Crippen LogP contribution in [-0.2, 0) is 0 Å². The molecule has 0 aliphatic rings. The second-order valence-electron chi connectivity index (χ2n) is 3.09. The summed E-state index contributed by atoms with van der Waals surface area (Å²) in [5.41, 5.74) is -0.00628. The molecule has 0 saturated carbocycles. The smallest absolute Gasteiger partial charge is 0.312 e. The molecule has 0 saturated heterocycles. The van der Waals surface area contributed by atoms with Crippen molar-refractivity contribution in [2.24, 2.45) is 0 Å². The van der Waals surface area contributed by atoms with Crippen LogP contribution in [0.15, 0.2) is 22.7 Å². The second-order valence-corrected chi connectivity index (χ2v) is 4.74. The van der Waals surface area contributed by atoms with Crippen LogP contribution >= 0.6 is 31.9 Å². The van der Waals surface area contributed by atoms with E-state index >= 15 is 0 Å². The molecular weight excluding hydrogens is 342 g/mol. The SMILES string of the molecule is O=[N+]([O-])c1cccc(Br)c1OCCCCBr. The molecule has 0 fully saturated rings. The van der Waals surface area contributed by atoms with Gasteiger partial charge in [-0.05, 0) is 34.8 Å². The van der Waals surface area contributed by atoms with E-state index in [0.717, 1.165) is 18.2 Å². The van der Waals surface area contributed by atoms with E-state index in [-0.39, 0.29) is 5.69 Å². The molecule has 0 aliphatic carbocycles. The number of nitro groups is 1. The van der Waals surface area contributed by atoms with E-state index in [9.17, 15) is 10.1 Å². The predicted molar refractivity (Wildman–Crippen MR) is 69.3 cm³/mol. The molecule has 1 aromatic carbocycles. The third-order valence-corrected chi connectivity index (χ3v) is 3.10. The first-order chi connectivity index (χ1) is 7.66. The van der Waals surface area contributed by atoms with Crippen LogP contribution < -0.4 is 4.74 Å². The molecule has 1 aromatic rings. The van der Waals surface area contributed by atoms with Crippen molar-refractivity contribution in [3.8, 4) is 5.75 Å². The molecule has 0 N–H and O–H groups in total. The first kappa shape index (κ1) is 13.4. The summed E-state index contributed by atoms with van der Waals surface area (Å²) in [6.45, 7) is 0.481. The van der Waals surface area contributed by atoms with E-state index in [2.05, 4.69) is 31.9 Å². The minimum Gasteiger partial charge on any atom is -0.486 e. The fraction of sp³-hybridized carbons (Fsp3) is 0.400. The van der Waals surface area contributed by atoms with Crippen molar-refractivity contribution in [3.63, 3.8) is 0 Å². The molecule has 6 heteroatoms. The third-order valence-electron chi connectivity index (χ3n) is 1.92. The van der Waals surface area contributed by atoms with Gasteiger partial charge in [-0.25, -0.2) is 0 Å². The van der Waals surface area contributed by atoms with E-state index in [1.54, 1.807) is 12.1 Å². The van der Waals surface area contributed by atoms with Crippen molar-refractivity contribution in [1.29, 1.82) is 0 Å². The maximum absolute atomic E-state index is 10.8. The summed E-state index contributed by atoms with van der Waals surface area (Å²) in [4.78, 5) is 10.3. The Morgan fingerprint density at radius 1 is 1.38 bits per heavy atom. The van der Waals surface area contributed by atoms with Gasteiger partial charge in [0.05, 0.1) is 16.0 Å². The zero-order valence-electron chi connectivity index (χ0n) is 8.49. The van der Waals surface area contributed by atoms with E-state index < -0.39 is 4.92 Å². The first-order valence-corrected chi connectivity index (χ1v) is 6.70. The topological polar surface area (TPSA) is 52.4 Å². The molecule has 88 valence electrons. The van der Waals surface area contributed by atoms with Crippen molar-refractivity contribution in [1.82, 2.24) is 0 Å². The Hall–Kier alpha value is -0.620.